The number of hydrogen-bond acceptors (Lipinski definition) is 3. The van der Waals surface area contributed by atoms with Crippen molar-refractivity contribution < 1.29 is 14.3 Å². The van der Waals surface area contributed by atoms with Crippen molar-refractivity contribution in [3.8, 4) is 5.75 Å². The summed E-state index contributed by atoms with van der Waals surface area (Å²) in [6, 6.07) is 10.9. The highest BCUT2D eigenvalue weighted by molar-refractivity contribution is 6.31. The molecule has 2 aromatic carbocycles. The number of carbonyl (C=O) groups is 2. The Bertz CT molecular complexity index is 815. The van der Waals surface area contributed by atoms with Crippen LogP contribution in [0.5, 0.6) is 5.75 Å². The number of benzene rings is 2. The van der Waals surface area contributed by atoms with Gasteiger partial charge < -0.3 is 10.1 Å². The van der Waals surface area contributed by atoms with E-state index in [4.69, 9.17) is 16.3 Å². The molecule has 138 valence electrons. The van der Waals surface area contributed by atoms with Gasteiger partial charge in [0.1, 0.15) is 5.75 Å². The fourth-order valence-electron chi connectivity index (χ4n) is 2.58. The van der Waals surface area contributed by atoms with Crippen LogP contribution in [-0.2, 0) is 4.79 Å². The maximum absolute atomic E-state index is 12.2. The minimum absolute atomic E-state index is 0.0941. The van der Waals surface area contributed by atoms with Crippen molar-refractivity contribution in [3.05, 3.63) is 63.7 Å². The van der Waals surface area contributed by atoms with E-state index in [9.17, 15) is 9.59 Å². The summed E-state index contributed by atoms with van der Waals surface area (Å²) in [7, 11) is 0. The predicted molar refractivity (Wildman–Crippen MR) is 104 cm³/mol. The zero-order valence-corrected chi connectivity index (χ0v) is 16.3. The van der Waals surface area contributed by atoms with E-state index in [1.807, 2.05) is 52.0 Å². The largest absolute Gasteiger partial charge is 0.426 e. The van der Waals surface area contributed by atoms with Crippen molar-refractivity contribution in [2.45, 2.75) is 40.0 Å². The lowest BCUT2D eigenvalue weighted by atomic mass is 10.0. The van der Waals surface area contributed by atoms with Crippen LogP contribution < -0.4 is 10.1 Å². The Morgan fingerprint density at radius 3 is 2.46 bits per heavy atom. The normalized spacial score (nSPS) is 10.7. The molecule has 0 unspecified atom stereocenters. The van der Waals surface area contributed by atoms with E-state index in [1.54, 1.807) is 12.1 Å². The van der Waals surface area contributed by atoms with Crippen molar-refractivity contribution in [1.82, 2.24) is 5.32 Å². The number of halogens is 1. The van der Waals surface area contributed by atoms with E-state index >= 15 is 0 Å². The van der Waals surface area contributed by atoms with E-state index in [0.717, 1.165) is 16.7 Å². The molecule has 2 rings (SSSR count). The van der Waals surface area contributed by atoms with Crippen molar-refractivity contribution >= 4 is 23.5 Å². The molecule has 2 aromatic rings. The molecule has 0 heterocycles. The molecular weight excluding hydrogens is 350 g/mol. The summed E-state index contributed by atoms with van der Waals surface area (Å²) in [6.07, 6.45) is 0.0941. The number of ether oxygens (including phenoxy) is 1. The van der Waals surface area contributed by atoms with E-state index in [1.165, 1.54) is 0 Å². The molecule has 0 atom stereocenters. The first kappa shape index (κ1) is 20.0. The average Bonchev–Trinajstić information content (AvgIpc) is 2.58. The highest BCUT2D eigenvalue weighted by Crippen LogP contribution is 2.32. The predicted octanol–water partition coefficient (Wildman–Crippen LogP) is 4.81. The van der Waals surface area contributed by atoms with Crippen molar-refractivity contribution in [1.29, 1.82) is 0 Å². The van der Waals surface area contributed by atoms with Gasteiger partial charge in [0, 0.05) is 17.1 Å². The summed E-state index contributed by atoms with van der Waals surface area (Å²) >= 11 is 6.17. The summed E-state index contributed by atoms with van der Waals surface area (Å²) in [5, 5.41) is 3.41. The van der Waals surface area contributed by atoms with Gasteiger partial charge in [0.2, 0.25) is 0 Å². The molecule has 0 saturated carbocycles. The Kier molecular flexibility index (Phi) is 6.81. The molecule has 0 spiro atoms. The second-order valence-corrected chi connectivity index (χ2v) is 7.00. The van der Waals surface area contributed by atoms with Crippen molar-refractivity contribution in [2.75, 3.05) is 6.54 Å². The maximum Gasteiger partial charge on any atom is 0.312 e. The third kappa shape index (κ3) is 5.09. The maximum atomic E-state index is 12.2. The second kappa shape index (κ2) is 8.86. The number of aryl methyl sites for hydroxylation is 2. The number of nitrogens with one attached hydrogen (secondary N) is 1. The third-order valence-corrected chi connectivity index (χ3v) is 4.55. The first-order chi connectivity index (χ1) is 12.3. The molecule has 0 aliphatic heterocycles. The number of esters is 1. The molecule has 0 saturated heterocycles. The van der Waals surface area contributed by atoms with Gasteiger partial charge in [-0.2, -0.15) is 0 Å². The minimum Gasteiger partial charge on any atom is -0.426 e. The second-order valence-electron chi connectivity index (χ2n) is 6.59. The SMILES string of the molecule is Cc1cc(OC(=O)CCNC(=O)c2ccccc2C)c(C(C)C)cc1Cl. The lowest BCUT2D eigenvalue weighted by Crippen LogP contribution is -2.27. The summed E-state index contributed by atoms with van der Waals surface area (Å²) in [6.45, 7) is 7.99. The number of rotatable bonds is 6. The highest BCUT2D eigenvalue weighted by Gasteiger charge is 2.15. The van der Waals surface area contributed by atoms with Crippen LogP contribution in [0.3, 0.4) is 0 Å². The summed E-state index contributed by atoms with van der Waals surface area (Å²) in [5.74, 6) is 0.119. The Labute approximate surface area is 159 Å². The fourth-order valence-corrected chi connectivity index (χ4v) is 2.76. The van der Waals surface area contributed by atoms with E-state index in [0.29, 0.717) is 16.3 Å². The molecule has 1 amide bonds. The van der Waals surface area contributed by atoms with Crippen LogP contribution in [0.2, 0.25) is 5.02 Å². The lowest BCUT2D eigenvalue weighted by Gasteiger charge is -2.15. The molecule has 5 heteroatoms. The van der Waals surface area contributed by atoms with Gasteiger partial charge in [-0.25, -0.2) is 0 Å². The van der Waals surface area contributed by atoms with Gasteiger partial charge in [0.05, 0.1) is 6.42 Å². The molecule has 4 nitrogen and oxygen atoms in total. The smallest absolute Gasteiger partial charge is 0.312 e. The highest BCUT2D eigenvalue weighted by atomic mass is 35.5. The van der Waals surface area contributed by atoms with Crippen molar-refractivity contribution in [2.24, 2.45) is 0 Å². The van der Waals surface area contributed by atoms with Gasteiger partial charge in [-0.15, -0.1) is 0 Å². The molecule has 0 aliphatic rings. The van der Waals surface area contributed by atoms with Gasteiger partial charge in [0.25, 0.3) is 5.91 Å². The fraction of sp³-hybridized carbons (Fsp3) is 0.333. The molecule has 0 radical (unpaired) electrons. The van der Waals surface area contributed by atoms with Crippen molar-refractivity contribution in [3.63, 3.8) is 0 Å². The zero-order valence-electron chi connectivity index (χ0n) is 15.6. The zero-order chi connectivity index (χ0) is 19.3. The number of carbonyl (C=O) groups excluding carboxylic acids is 2. The topological polar surface area (TPSA) is 55.4 Å². The first-order valence-corrected chi connectivity index (χ1v) is 9.02. The lowest BCUT2D eigenvalue weighted by molar-refractivity contribution is -0.134. The van der Waals surface area contributed by atoms with Gasteiger partial charge in [0.15, 0.2) is 0 Å². The van der Waals surface area contributed by atoms with Gasteiger partial charge in [-0.1, -0.05) is 43.6 Å². The quantitative estimate of drug-likeness (QED) is 0.584. The Hall–Kier alpha value is -2.33. The van der Waals surface area contributed by atoms with E-state index < -0.39 is 5.97 Å². The summed E-state index contributed by atoms with van der Waals surface area (Å²) in [5.41, 5.74) is 3.24. The van der Waals surface area contributed by atoms with Gasteiger partial charge >= 0.3 is 5.97 Å². The Morgan fingerprint density at radius 1 is 1.12 bits per heavy atom. The van der Waals surface area contributed by atoms with Crippen LogP contribution in [0.25, 0.3) is 0 Å². The van der Waals surface area contributed by atoms with Crippen LogP contribution in [0.4, 0.5) is 0 Å². The summed E-state index contributed by atoms with van der Waals surface area (Å²) < 4.78 is 5.51. The number of amides is 1. The third-order valence-electron chi connectivity index (χ3n) is 4.14. The average molecular weight is 374 g/mol. The molecular formula is C21H24ClNO3. The molecule has 0 bridgehead atoms. The van der Waals surface area contributed by atoms with E-state index in [-0.39, 0.29) is 24.8 Å². The first-order valence-electron chi connectivity index (χ1n) is 8.64. The molecule has 0 fully saturated rings. The Balaban J connectivity index is 1.94. The molecule has 0 aromatic heterocycles. The van der Waals surface area contributed by atoms with Crippen LogP contribution in [0.1, 0.15) is 53.2 Å². The number of hydrogen-bond donors (Lipinski definition) is 1. The monoisotopic (exact) mass is 373 g/mol. The van der Waals surface area contributed by atoms with E-state index in [2.05, 4.69) is 5.32 Å². The van der Waals surface area contributed by atoms with Gasteiger partial charge in [-0.3, -0.25) is 9.59 Å². The summed E-state index contributed by atoms with van der Waals surface area (Å²) in [4.78, 5) is 24.3. The van der Waals surface area contributed by atoms with Crippen LogP contribution >= 0.6 is 11.6 Å². The van der Waals surface area contributed by atoms with Gasteiger partial charge in [-0.05, 0) is 54.7 Å². The van der Waals surface area contributed by atoms with Crippen LogP contribution in [-0.4, -0.2) is 18.4 Å². The minimum atomic E-state index is -0.390. The standard InChI is InChI=1S/C21H24ClNO3/c1-13(2)17-12-18(22)15(4)11-19(17)26-20(24)9-10-23-21(25)16-8-6-5-7-14(16)3/h5-8,11-13H,9-10H2,1-4H3,(H,23,25). The van der Waals surface area contributed by atoms with Crippen LogP contribution in [0, 0.1) is 13.8 Å². The Morgan fingerprint density at radius 2 is 1.81 bits per heavy atom. The molecule has 26 heavy (non-hydrogen) atoms. The molecule has 0 aliphatic carbocycles. The molecule has 1 N–H and O–H groups in total. The van der Waals surface area contributed by atoms with Crippen LogP contribution in [0.15, 0.2) is 36.4 Å².